The van der Waals surface area contributed by atoms with Gasteiger partial charge in [-0.05, 0) is 36.4 Å². The molecule has 3 nitrogen and oxygen atoms in total. The Morgan fingerprint density at radius 1 is 1.00 bits per heavy atom. The minimum Gasteiger partial charge on any atom is -0.490 e. The van der Waals surface area contributed by atoms with E-state index in [0.717, 1.165) is 32.2 Å². The molecule has 0 atom stereocenters. The van der Waals surface area contributed by atoms with E-state index in [9.17, 15) is 0 Å². The van der Waals surface area contributed by atoms with E-state index >= 15 is 0 Å². The molecule has 0 bridgehead atoms. The maximum Gasteiger partial charge on any atom is 0.162 e. The van der Waals surface area contributed by atoms with Gasteiger partial charge in [0.15, 0.2) is 11.5 Å². The number of rotatable bonds is 2. The average Bonchev–Trinajstić information content (AvgIpc) is 2.71. The Kier molecular flexibility index (Phi) is 4.37. The highest BCUT2D eigenvalue weighted by Gasteiger charge is 2.11. The van der Waals surface area contributed by atoms with Crippen molar-refractivity contribution in [1.29, 1.82) is 5.26 Å². The first-order valence-electron chi connectivity index (χ1n) is 6.53. The molecule has 0 saturated carbocycles. The van der Waals surface area contributed by atoms with E-state index in [1.54, 1.807) is 17.8 Å². The number of benzene rings is 2. The Hall–Kier alpha value is -1.64. The quantitative estimate of drug-likeness (QED) is 0.781. The van der Waals surface area contributed by atoms with Gasteiger partial charge in [0.1, 0.15) is 0 Å². The summed E-state index contributed by atoms with van der Waals surface area (Å²) in [5, 5.41) is 9.03. The van der Waals surface area contributed by atoms with Gasteiger partial charge in [0.2, 0.25) is 0 Å². The molecule has 0 aromatic heterocycles. The molecule has 21 heavy (non-hydrogen) atoms. The number of hydrogen-bond acceptors (Lipinski definition) is 4. The molecule has 0 amide bonds. The van der Waals surface area contributed by atoms with Crippen LogP contribution in [0.25, 0.3) is 0 Å². The summed E-state index contributed by atoms with van der Waals surface area (Å²) in [7, 11) is 0. The fourth-order valence-electron chi connectivity index (χ4n) is 2.03. The lowest BCUT2D eigenvalue weighted by atomic mass is 10.2. The molecule has 2 aromatic carbocycles. The fourth-order valence-corrected chi connectivity index (χ4v) is 3.62. The Bertz CT molecular complexity index is 712. The summed E-state index contributed by atoms with van der Waals surface area (Å²) in [6, 6.07) is 13.8. The average molecular weight is 362 g/mol. The lowest BCUT2D eigenvalue weighted by Gasteiger charge is -2.09. The highest BCUT2D eigenvalue weighted by molar-refractivity contribution is 9.10. The normalized spacial score (nSPS) is 13.3. The number of fused-ring (bicyclic) bond motifs is 1. The first-order chi connectivity index (χ1) is 10.2. The van der Waals surface area contributed by atoms with Gasteiger partial charge in [-0.15, -0.1) is 0 Å². The van der Waals surface area contributed by atoms with Crippen LogP contribution in [0.2, 0.25) is 0 Å². The molecule has 0 radical (unpaired) electrons. The van der Waals surface area contributed by atoms with E-state index in [0.29, 0.717) is 18.8 Å². The van der Waals surface area contributed by atoms with Gasteiger partial charge in [-0.25, -0.2) is 0 Å². The van der Waals surface area contributed by atoms with E-state index in [4.69, 9.17) is 14.7 Å². The van der Waals surface area contributed by atoms with Crippen LogP contribution in [-0.2, 0) is 0 Å². The SMILES string of the molecule is N#Cc1cc(Br)cc(Sc2ccc3c(c2)OCCCO3)c1. The molecule has 0 spiro atoms. The fraction of sp³-hybridized carbons (Fsp3) is 0.188. The maximum absolute atomic E-state index is 9.03. The highest BCUT2D eigenvalue weighted by atomic mass is 79.9. The molecule has 106 valence electrons. The molecule has 1 aliphatic rings. The molecular formula is C16H12BrNO2S. The smallest absolute Gasteiger partial charge is 0.162 e. The summed E-state index contributed by atoms with van der Waals surface area (Å²) in [6.07, 6.45) is 0.897. The zero-order valence-electron chi connectivity index (χ0n) is 11.1. The molecular weight excluding hydrogens is 350 g/mol. The third kappa shape index (κ3) is 3.52. The summed E-state index contributed by atoms with van der Waals surface area (Å²) >= 11 is 5.02. The van der Waals surface area contributed by atoms with Crippen molar-refractivity contribution in [2.75, 3.05) is 13.2 Å². The standard InChI is InChI=1S/C16H12BrNO2S/c17-12-6-11(10-18)7-14(8-12)21-13-2-3-15-16(9-13)20-5-1-4-19-15/h2-3,6-9H,1,4-5H2. The topological polar surface area (TPSA) is 42.2 Å². The largest absolute Gasteiger partial charge is 0.490 e. The maximum atomic E-state index is 9.03. The molecule has 0 aliphatic carbocycles. The second kappa shape index (κ2) is 6.42. The van der Waals surface area contributed by atoms with E-state index in [2.05, 4.69) is 22.0 Å². The van der Waals surface area contributed by atoms with Crippen molar-refractivity contribution >= 4 is 27.7 Å². The lowest BCUT2D eigenvalue weighted by Crippen LogP contribution is -1.97. The Morgan fingerprint density at radius 2 is 1.81 bits per heavy atom. The summed E-state index contributed by atoms with van der Waals surface area (Å²) in [4.78, 5) is 2.07. The van der Waals surface area contributed by atoms with Gasteiger partial charge in [0, 0.05) is 20.7 Å². The molecule has 2 aromatic rings. The third-order valence-corrected chi connectivity index (χ3v) is 4.37. The van der Waals surface area contributed by atoms with E-state index in [1.165, 1.54) is 0 Å². The van der Waals surface area contributed by atoms with Gasteiger partial charge >= 0.3 is 0 Å². The number of ether oxygens (including phenoxy) is 2. The number of halogens is 1. The van der Waals surface area contributed by atoms with Gasteiger partial charge in [-0.3, -0.25) is 0 Å². The van der Waals surface area contributed by atoms with Crippen LogP contribution < -0.4 is 9.47 Å². The Balaban J connectivity index is 1.87. The van der Waals surface area contributed by atoms with Crippen LogP contribution in [0.1, 0.15) is 12.0 Å². The van der Waals surface area contributed by atoms with Crippen molar-refractivity contribution in [2.24, 2.45) is 0 Å². The van der Waals surface area contributed by atoms with Gasteiger partial charge < -0.3 is 9.47 Å². The third-order valence-electron chi connectivity index (χ3n) is 2.96. The monoisotopic (exact) mass is 361 g/mol. The molecule has 0 unspecified atom stereocenters. The first-order valence-corrected chi connectivity index (χ1v) is 8.14. The summed E-state index contributed by atoms with van der Waals surface area (Å²) in [6.45, 7) is 1.37. The first kappa shape index (κ1) is 14.3. The number of nitrogens with zero attached hydrogens (tertiary/aromatic N) is 1. The second-order valence-electron chi connectivity index (χ2n) is 4.55. The van der Waals surface area contributed by atoms with E-state index in [-0.39, 0.29) is 0 Å². The summed E-state index contributed by atoms with van der Waals surface area (Å²) in [5.74, 6) is 1.58. The molecule has 5 heteroatoms. The van der Waals surface area contributed by atoms with Gasteiger partial charge in [0.05, 0.1) is 24.8 Å². The zero-order valence-corrected chi connectivity index (χ0v) is 13.5. The summed E-state index contributed by atoms with van der Waals surface area (Å²) in [5.41, 5.74) is 0.640. The van der Waals surface area contributed by atoms with Gasteiger partial charge in [-0.1, -0.05) is 27.7 Å². The highest BCUT2D eigenvalue weighted by Crippen LogP contribution is 2.37. The van der Waals surface area contributed by atoms with Crippen molar-refractivity contribution in [3.8, 4) is 17.6 Å². The molecule has 0 fully saturated rings. The van der Waals surface area contributed by atoms with Crippen LogP contribution in [0, 0.1) is 11.3 Å². The predicted octanol–water partition coefficient (Wildman–Crippen LogP) is 4.63. The summed E-state index contributed by atoms with van der Waals surface area (Å²) < 4.78 is 12.2. The molecule has 1 heterocycles. The number of nitriles is 1. The lowest BCUT2D eigenvalue weighted by molar-refractivity contribution is 0.297. The second-order valence-corrected chi connectivity index (χ2v) is 6.61. The van der Waals surface area contributed by atoms with Crippen LogP contribution in [-0.4, -0.2) is 13.2 Å². The van der Waals surface area contributed by atoms with Crippen LogP contribution in [0.5, 0.6) is 11.5 Å². The van der Waals surface area contributed by atoms with Crippen LogP contribution in [0.3, 0.4) is 0 Å². The van der Waals surface area contributed by atoms with Crippen molar-refractivity contribution in [3.63, 3.8) is 0 Å². The van der Waals surface area contributed by atoms with Gasteiger partial charge in [0.25, 0.3) is 0 Å². The van der Waals surface area contributed by atoms with Crippen molar-refractivity contribution in [3.05, 3.63) is 46.4 Å². The molecule has 1 aliphatic heterocycles. The minimum atomic E-state index is 0.640. The Labute approximate surface area is 136 Å². The van der Waals surface area contributed by atoms with Crippen LogP contribution in [0.15, 0.2) is 50.7 Å². The van der Waals surface area contributed by atoms with Crippen molar-refractivity contribution in [2.45, 2.75) is 16.2 Å². The van der Waals surface area contributed by atoms with Crippen molar-refractivity contribution < 1.29 is 9.47 Å². The minimum absolute atomic E-state index is 0.640. The van der Waals surface area contributed by atoms with E-state index in [1.807, 2.05) is 30.3 Å². The van der Waals surface area contributed by atoms with Crippen molar-refractivity contribution in [1.82, 2.24) is 0 Å². The Morgan fingerprint density at radius 3 is 2.62 bits per heavy atom. The van der Waals surface area contributed by atoms with Crippen LogP contribution in [0.4, 0.5) is 0 Å². The molecule has 3 rings (SSSR count). The number of hydrogen-bond donors (Lipinski definition) is 0. The van der Waals surface area contributed by atoms with Gasteiger partial charge in [-0.2, -0.15) is 5.26 Å². The van der Waals surface area contributed by atoms with E-state index < -0.39 is 0 Å². The zero-order chi connectivity index (χ0) is 14.7. The molecule has 0 N–H and O–H groups in total. The van der Waals surface area contributed by atoms with Crippen LogP contribution >= 0.6 is 27.7 Å². The molecule has 0 saturated heterocycles. The predicted molar refractivity (Wildman–Crippen MR) is 85.0 cm³/mol.